The second kappa shape index (κ2) is 17.3. The number of thioether (sulfide) groups is 1. The molecular weight excluding hydrogens is 534 g/mol. The molecule has 2 amide bonds. The van der Waals surface area contributed by atoms with Crippen LogP contribution in [0.4, 0.5) is 5.69 Å². The molecule has 0 radical (unpaired) electrons. The Hall–Kier alpha value is -3.37. The molecule has 10 heteroatoms. The Balaban J connectivity index is 0.000000649. The summed E-state index contributed by atoms with van der Waals surface area (Å²) in [6, 6.07) is 10.7. The fourth-order valence-corrected chi connectivity index (χ4v) is 5.25. The molecule has 2 aromatic carbocycles. The molecule has 8 nitrogen and oxygen atoms in total. The van der Waals surface area contributed by atoms with E-state index in [0.29, 0.717) is 17.8 Å². The first-order valence-corrected chi connectivity index (χ1v) is 15.7. The second-order valence-corrected chi connectivity index (χ2v) is 11.4. The molecule has 0 unspecified atom stereocenters. The lowest BCUT2D eigenvalue weighted by Crippen LogP contribution is -2.15. The van der Waals surface area contributed by atoms with Crippen molar-refractivity contribution in [2.45, 2.75) is 50.3 Å². The van der Waals surface area contributed by atoms with Gasteiger partial charge in [-0.1, -0.05) is 50.6 Å². The van der Waals surface area contributed by atoms with Gasteiger partial charge >= 0.3 is 0 Å². The molecule has 39 heavy (non-hydrogen) atoms. The van der Waals surface area contributed by atoms with E-state index in [-0.39, 0.29) is 16.9 Å². The molecular formula is C29H39N3O5S2. The maximum absolute atomic E-state index is 11.8. The van der Waals surface area contributed by atoms with E-state index in [1.54, 1.807) is 31.3 Å². The molecule has 0 saturated heterocycles. The summed E-state index contributed by atoms with van der Waals surface area (Å²) < 4.78 is 23.6. The highest BCUT2D eigenvalue weighted by Gasteiger charge is 2.25. The van der Waals surface area contributed by atoms with E-state index in [1.165, 1.54) is 30.9 Å². The molecule has 1 aliphatic heterocycles. The topological polar surface area (TPSA) is 149 Å². The molecule has 2 aromatic rings. The van der Waals surface area contributed by atoms with Crippen LogP contribution in [0.15, 0.2) is 58.4 Å². The van der Waals surface area contributed by atoms with Gasteiger partial charge in [-0.2, -0.15) is 0 Å². The number of rotatable bonds is 7. The quantitative estimate of drug-likeness (QED) is 0.185. The van der Waals surface area contributed by atoms with Gasteiger partial charge in [0.05, 0.1) is 10.5 Å². The molecule has 0 aromatic heterocycles. The zero-order valence-corrected chi connectivity index (χ0v) is 24.6. The fourth-order valence-electron chi connectivity index (χ4n) is 3.93. The van der Waals surface area contributed by atoms with Crippen molar-refractivity contribution < 1.29 is 22.8 Å². The van der Waals surface area contributed by atoms with Gasteiger partial charge in [0.15, 0.2) is 16.1 Å². The van der Waals surface area contributed by atoms with Crippen molar-refractivity contribution in [2.24, 2.45) is 11.5 Å². The number of amides is 2. The van der Waals surface area contributed by atoms with E-state index in [9.17, 15) is 18.0 Å². The molecule has 1 heterocycles. The Morgan fingerprint density at radius 1 is 1.08 bits per heavy atom. The molecule has 212 valence electrons. The number of hydrogen-bond acceptors (Lipinski definition) is 7. The summed E-state index contributed by atoms with van der Waals surface area (Å²) in [5.74, 6) is 0.940. The average Bonchev–Trinajstić information content (AvgIpc) is 3.48. The van der Waals surface area contributed by atoms with Crippen LogP contribution in [0.25, 0.3) is 17.2 Å². The predicted octanol–water partition coefficient (Wildman–Crippen LogP) is 4.90. The number of anilines is 1. The lowest BCUT2D eigenvalue weighted by atomic mass is 9.76. The third kappa shape index (κ3) is 10.0. The van der Waals surface area contributed by atoms with E-state index in [2.05, 4.69) is 22.5 Å². The molecule has 1 aliphatic carbocycles. The minimum absolute atomic E-state index is 0.115. The van der Waals surface area contributed by atoms with Crippen LogP contribution in [-0.4, -0.2) is 46.1 Å². The first-order valence-electron chi connectivity index (χ1n) is 12.7. The monoisotopic (exact) mass is 573 g/mol. The van der Waals surface area contributed by atoms with Gasteiger partial charge in [-0.3, -0.25) is 14.4 Å². The summed E-state index contributed by atoms with van der Waals surface area (Å²) in [6.07, 6.45) is 10.2. The Labute approximate surface area is 236 Å². The van der Waals surface area contributed by atoms with E-state index in [4.69, 9.17) is 10.5 Å². The highest BCUT2D eigenvalue weighted by molar-refractivity contribution is 8.02. The van der Waals surface area contributed by atoms with Crippen LogP contribution in [0.2, 0.25) is 0 Å². The van der Waals surface area contributed by atoms with Gasteiger partial charge in [-0.15, -0.1) is 11.8 Å². The summed E-state index contributed by atoms with van der Waals surface area (Å²) in [5, 5.41) is 5.34. The van der Waals surface area contributed by atoms with E-state index >= 15 is 0 Å². The molecule has 1 fully saturated rings. The van der Waals surface area contributed by atoms with Crippen LogP contribution >= 0.6 is 11.8 Å². The average molecular weight is 574 g/mol. The molecule has 0 spiro atoms. The predicted molar refractivity (Wildman–Crippen MR) is 162 cm³/mol. The van der Waals surface area contributed by atoms with E-state index in [0.717, 1.165) is 35.2 Å². The van der Waals surface area contributed by atoms with E-state index < -0.39 is 15.7 Å². The normalized spacial score (nSPS) is 14.2. The molecule has 1 saturated carbocycles. The lowest BCUT2D eigenvalue weighted by Gasteiger charge is -2.30. The Bertz CT molecular complexity index is 1260. The SMILES string of the molecule is C1=CSCC1.CC.CNc1c(/C=C(\C=O)C(N)=O)ccc(C2CCC2)c1-c1ccc(S(C)(=O)=O)cc1.NC=O. The zero-order chi connectivity index (χ0) is 29.4. The van der Waals surface area contributed by atoms with Crippen LogP contribution in [0.1, 0.15) is 56.6 Å². The minimum atomic E-state index is -3.29. The highest BCUT2D eigenvalue weighted by Crippen LogP contribution is 2.45. The van der Waals surface area contributed by atoms with Crippen LogP contribution < -0.4 is 16.8 Å². The first-order chi connectivity index (χ1) is 18.7. The lowest BCUT2D eigenvalue weighted by molar-refractivity contribution is -0.116. The number of primary amides is 2. The number of nitrogens with two attached hydrogens (primary N) is 2. The molecule has 0 atom stereocenters. The number of sulfone groups is 1. The van der Waals surface area contributed by atoms with Crippen molar-refractivity contribution >= 4 is 52.0 Å². The molecule has 5 N–H and O–H groups in total. The standard InChI is InChI=1S/C22H24N2O4S.C4H6S.C2H6.CH3NO/c1-24-21-16(12-17(13-25)22(23)26)8-11-19(14-4-3-5-14)20(21)15-6-9-18(10-7-15)29(2,27)28;1-2-4-5-3-1;1-2;2-1-3/h6-14,24H,3-5H2,1-2H3,(H2,23,26);1,3H,2,4H2;1-2H3;1H,(H2,2,3)/b17-12+;;;. The number of benzene rings is 2. The van der Waals surface area contributed by atoms with Crippen molar-refractivity contribution in [3.63, 3.8) is 0 Å². The van der Waals surface area contributed by atoms with Crippen molar-refractivity contribution in [3.8, 4) is 11.1 Å². The third-order valence-corrected chi connectivity index (χ3v) is 7.94. The van der Waals surface area contributed by atoms with Gasteiger partial charge in [0, 0.05) is 30.3 Å². The summed E-state index contributed by atoms with van der Waals surface area (Å²) >= 11 is 1.89. The maximum Gasteiger partial charge on any atom is 0.252 e. The first kappa shape index (κ1) is 33.7. The number of aldehydes is 1. The second-order valence-electron chi connectivity index (χ2n) is 8.42. The van der Waals surface area contributed by atoms with Crippen LogP contribution in [0.5, 0.6) is 0 Å². The van der Waals surface area contributed by atoms with Gasteiger partial charge in [0.2, 0.25) is 6.41 Å². The van der Waals surface area contributed by atoms with Crippen molar-refractivity contribution in [1.82, 2.24) is 0 Å². The number of carbonyl (C=O) groups is 3. The number of carbonyl (C=O) groups excluding carboxylic acids is 3. The van der Waals surface area contributed by atoms with Crippen molar-refractivity contribution in [2.75, 3.05) is 24.4 Å². The van der Waals surface area contributed by atoms with E-state index in [1.807, 2.05) is 37.7 Å². The zero-order valence-electron chi connectivity index (χ0n) is 23.0. The van der Waals surface area contributed by atoms with Crippen molar-refractivity contribution in [3.05, 3.63) is 64.6 Å². The number of hydrogen-bond donors (Lipinski definition) is 3. The molecule has 4 rings (SSSR count). The van der Waals surface area contributed by atoms with Gasteiger partial charge < -0.3 is 16.8 Å². The summed E-state index contributed by atoms with van der Waals surface area (Å²) in [6.45, 7) is 4.00. The van der Waals surface area contributed by atoms with Gasteiger partial charge in [0.1, 0.15) is 0 Å². The number of nitrogens with one attached hydrogen (secondary N) is 1. The minimum Gasteiger partial charge on any atom is -0.387 e. The summed E-state index contributed by atoms with van der Waals surface area (Å²) in [4.78, 5) is 31.6. The Morgan fingerprint density at radius 3 is 2.05 bits per heavy atom. The molecule has 0 bridgehead atoms. The Morgan fingerprint density at radius 2 is 1.69 bits per heavy atom. The highest BCUT2D eigenvalue weighted by atomic mass is 32.2. The van der Waals surface area contributed by atoms with Gasteiger partial charge in [-0.05, 0) is 65.5 Å². The van der Waals surface area contributed by atoms with Crippen LogP contribution in [0.3, 0.4) is 0 Å². The van der Waals surface area contributed by atoms with Crippen molar-refractivity contribution in [1.29, 1.82) is 0 Å². The van der Waals surface area contributed by atoms with Gasteiger partial charge in [-0.25, -0.2) is 8.42 Å². The number of allylic oxidation sites excluding steroid dienone is 1. The third-order valence-electron chi connectivity index (χ3n) is 5.95. The summed E-state index contributed by atoms with van der Waals surface area (Å²) in [5.41, 5.74) is 13.7. The fraction of sp³-hybridized carbons (Fsp3) is 0.345. The molecule has 2 aliphatic rings. The Kier molecular flexibility index (Phi) is 14.9. The smallest absolute Gasteiger partial charge is 0.252 e. The van der Waals surface area contributed by atoms with Crippen LogP contribution in [0, 0.1) is 0 Å². The summed E-state index contributed by atoms with van der Waals surface area (Å²) in [7, 11) is -1.52. The van der Waals surface area contributed by atoms with Crippen LogP contribution in [-0.2, 0) is 24.2 Å². The maximum atomic E-state index is 11.8. The van der Waals surface area contributed by atoms with Gasteiger partial charge in [0.25, 0.3) is 5.91 Å². The largest absolute Gasteiger partial charge is 0.387 e.